The molecule has 1 fully saturated rings. The van der Waals surface area contributed by atoms with Gasteiger partial charge in [-0.2, -0.15) is 0 Å². The lowest BCUT2D eigenvalue weighted by Gasteiger charge is -2.22. The van der Waals surface area contributed by atoms with E-state index >= 15 is 0 Å². The van der Waals surface area contributed by atoms with Crippen LogP contribution in [0.5, 0.6) is 0 Å². The molecule has 5 heteroatoms. The summed E-state index contributed by atoms with van der Waals surface area (Å²) in [6.07, 6.45) is 1.98. The van der Waals surface area contributed by atoms with Gasteiger partial charge in [0.1, 0.15) is 6.61 Å². The third kappa shape index (κ3) is 4.61. The van der Waals surface area contributed by atoms with Gasteiger partial charge in [-0.15, -0.1) is 0 Å². The number of carbonyl (C=O) groups is 2. The molecule has 1 saturated carbocycles. The summed E-state index contributed by atoms with van der Waals surface area (Å²) in [7, 11) is 0. The Bertz CT molecular complexity index is 261. The van der Waals surface area contributed by atoms with Crippen LogP contribution in [0.25, 0.3) is 0 Å². The third-order valence-corrected chi connectivity index (χ3v) is 2.41. The van der Waals surface area contributed by atoms with Crippen LogP contribution in [0.4, 0.5) is 0 Å². The minimum Gasteiger partial charge on any atom is -0.481 e. The summed E-state index contributed by atoms with van der Waals surface area (Å²) < 4.78 is 5.23. The van der Waals surface area contributed by atoms with Crippen molar-refractivity contribution in [2.45, 2.75) is 45.3 Å². The molecule has 1 aliphatic rings. The van der Waals surface area contributed by atoms with E-state index in [0.29, 0.717) is 6.54 Å². The Morgan fingerprint density at radius 3 is 2.50 bits per heavy atom. The second-order valence-electron chi connectivity index (χ2n) is 4.32. The van der Waals surface area contributed by atoms with E-state index in [1.54, 1.807) is 4.90 Å². The standard InChI is InChI=1S/C11H19NO4/c1-8(2)16-7-10(13)12(9-3-4-9)6-5-11(14)15/h8-9H,3-7H2,1-2H3,(H,14,15). The number of rotatable bonds is 7. The highest BCUT2D eigenvalue weighted by molar-refractivity contribution is 5.78. The molecule has 1 N–H and O–H groups in total. The van der Waals surface area contributed by atoms with Crippen molar-refractivity contribution in [3.63, 3.8) is 0 Å². The Morgan fingerprint density at radius 1 is 1.44 bits per heavy atom. The van der Waals surface area contributed by atoms with Crippen LogP contribution in [0.2, 0.25) is 0 Å². The van der Waals surface area contributed by atoms with Gasteiger partial charge in [0.05, 0.1) is 12.5 Å². The molecule has 0 saturated heterocycles. The first kappa shape index (κ1) is 13.0. The van der Waals surface area contributed by atoms with Crippen LogP contribution < -0.4 is 0 Å². The molecule has 5 nitrogen and oxygen atoms in total. The minimum atomic E-state index is -0.872. The Morgan fingerprint density at radius 2 is 2.06 bits per heavy atom. The highest BCUT2D eigenvalue weighted by atomic mass is 16.5. The lowest BCUT2D eigenvalue weighted by molar-refractivity contribution is -0.141. The fourth-order valence-corrected chi connectivity index (χ4v) is 1.43. The first-order valence-electron chi connectivity index (χ1n) is 5.63. The van der Waals surface area contributed by atoms with Gasteiger partial charge in [-0.25, -0.2) is 0 Å². The second-order valence-corrected chi connectivity index (χ2v) is 4.32. The van der Waals surface area contributed by atoms with Crippen molar-refractivity contribution in [3.8, 4) is 0 Å². The number of carboxylic acids is 1. The molecule has 16 heavy (non-hydrogen) atoms. The molecule has 0 aliphatic heterocycles. The van der Waals surface area contributed by atoms with Gasteiger partial charge < -0.3 is 14.7 Å². The Kier molecular flexibility index (Phi) is 4.73. The maximum Gasteiger partial charge on any atom is 0.305 e. The van der Waals surface area contributed by atoms with E-state index in [-0.39, 0.29) is 31.1 Å². The lowest BCUT2D eigenvalue weighted by atomic mass is 10.3. The Labute approximate surface area is 95.4 Å². The van der Waals surface area contributed by atoms with Crippen molar-refractivity contribution >= 4 is 11.9 Å². The largest absolute Gasteiger partial charge is 0.481 e. The molecule has 92 valence electrons. The summed E-state index contributed by atoms with van der Waals surface area (Å²) in [4.78, 5) is 23.9. The molecular formula is C11H19NO4. The van der Waals surface area contributed by atoms with Crippen LogP contribution >= 0.6 is 0 Å². The zero-order valence-electron chi connectivity index (χ0n) is 9.81. The fourth-order valence-electron chi connectivity index (χ4n) is 1.43. The Hall–Kier alpha value is -1.10. The molecule has 0 aromatic rings. The predicted octanol–water partition coefficient (Wildman–Crippen LogP) is 0.877. The van der Waals surface area contributed by atoms with Crippen molar-refractivity contribution in [2.75, 3.05) is 13.2 Å². The van der Waals surface area contributed by atoms with Gasteiger partial charge in [-0.1, -0.05) is 0 Å². The number of amides is 1. The molecule has 0 aromatic carbocycles. The van der Waals surface area contributed by atoms with Crippen molar-refractivity contribution in [3.05, 3.63) is 0 Å². The quantitative estimate of drug-likeness (QED) is 0.703. The third-order valence-electron chi connectivity index (χ3n) is 2.41. The average Bonchev–Trinajstić information content (AvgIpc) is 2.98. The van der Waals surface area contributed by atoms with Crippen LogP contribution in [0, 0.1) is 0 Å². The van der Waals surface area contributed by atoms with Crippen LogP contribution in [0.3, 0.4) is 0 Å². The highest BCUT2D eigenvalue weighted by Crippen LogP contribution is 2.27. The zero-order valence-corrected chi connectivity index (χ0v) is 9.81. The van der Waals surface area contributed by atoms with E-state index in [4.69, 9.17) is 9.84 Å². The second kappa shape index (κ2) is 5.84. The van der Waals surface area contributed by atoms with Gasteiger partial charge in [0, 0.05) is 12.6 Å². The molecule has 0 atom stereocenters. The molecule has 1 aliphatic carbocycles. The number of carboxylic acid groups (broad SMARTS) is 1. The van der Waals surface area contributed by atoms with E-state index in [2.05, 4.69) is 0 Å². The molecule has 1 rings (SSSR count). The maximum absolute atomic E-state index is 11.7. The average molecular weight is 229 g/mol. The molecule has 0 spiro atoms. The van der Waals surface area contributed by atoms with E-state index in [1.165, 1.54) is 0 Å². The topological polar surface area (TPSA) is 66.8 Å². The van der Waals surface area contributed by atoms with E-state index in [0.717, 1.165) is 12.8 Å². The first-order chi connectivity index (χ1) is 7.50. The number of hydrogen-bond acceptors (Lipinski definition) is 3. The highest BCUT2D eigenvalue weighted by Gasteiger charge is 2.32. The van der Waals surface area contributed by atoms with E-state index in [1.807, 2.05) is 13.8 Å². The summed E-state index contributed by atoms with van der Waals surface area (Å²) in [5.41, 5.74) is 0. The molecule has 0 bridgehead atoms. The van der Waals surface area contributed by atoms with Gasteiger partial charge in [-0.3, -0.25) is 9.59 Å². The van der Waals surface area contributed by atoms with Gasteiger partial charge in [-0.05, 0) is 26.7 Å². The van der Waals surface area contributed by atoms with Crippen molar-refractivity contribution in [1.29, 1.82) is 0 Å². The van der Waals surface area contributed by atoms with Gasteiger partial charge in [0.2, 0.25) is 5.91 Å². The van der Waals surface area contributed by atoms with Crippen molar-refractivity contribution < 1.29 is 19.4 Å². The van der Waals surface area contributed by atoms with Crippen LogP contribution in [0.1, 0.15) is 33.1 Å². The molecule has 0 aromatic heterocycles. The number of carbonyl (C=O) groups excluding carboxylic acids is 1. The SMILES string of the molecule is CC(C)OCC(=O)N(CCC(=O)O)C1CC1. The van der Waals surface area contributed by atoms with Crippen LogP contribution in [-0.4, -0.2) is 47.2 Å². The Balaban J connectivity index is 2.36. The molecular weight excluding hydrogens is 210 g/mol. The summed E-state index contributed by atoms with van der Waals surface area (Å²) in [5, 5.41) is 8.60. The summed E-state index contributed by atoms with van der Waals surface area (Å²) in [6, 6.07) is 0.239. The molecule has 0 heterocycles. The smallest absolute Gasteiger partial charge is 0.305 e. The van der Waals surface area contributed by atoms with Crippen molar-refractivity contribution in [1.82, 2.24) is 4.90 Å². The number of aliphatic carboxylic acids is 1. The molecule has 1 amide bonds. The molecule has 0 unspecified atom stereocenters. The van der Waals surface area contributed by atoms with Crippen LogP contribution in [0.15, 0.2) is 0 Å². The van der Waals surface area contributed by atoms with Gasteiger partial charge in [0.15, 0.2) is 0 Å². The van der Waals surface area contributed by atoms with Gasteiger partial charge in [0.25, 0.3) is 0 Å². The van der Waals surface area contributed by atoms with Crippen LogP contribution in [-0.2, 0) is 14.3 Å². The number of nitrogens with zero attached hydrogens (tertiary/aromatic N) is 1. The predicted molar refractivity (Wildman–Crippen MR) is 58.1 cm³/mol. The lowest BCUT2D eigenvalue weighted by Crippen LogP contribution is -2.38. The maximum atomic E-state index is 11.7. The normalized spacial score (nSPS) is 15.2. The van der Waals surface area contributed by atoms with E-state index < -0.39 is 5.97 Å². The van der Waals surface area contributed by atoms with Gasteiger partial charge >= 0.3 is 5.97 Å². The fraction of sp³-hybridized carbons (Fsp3) is 0.818. The summed E-state index contributed by atoms with van der Waals surface area (Å²) in [5.74, 6) is -0.972. The van der Waals surface area contributed by atoms with Crippen molar-refractivity contribution in [2.24, 2.45) is 0 Å². The van der Waals surface area contributed by atoms with E-state index in [9.17, 15) is 9.59 Å². The monoisotopic (exact) mass is 229 g/mol. The number of hydrogen-bond donors (Lipinski definition) is 1. The first-order valence-corrected chi connectivity index (χ1v) is 5.63. The summed E-state index contributed by atoms with van der Waals surface area (Å²) in [6.45, 7) is 4.08. The number of ether oxygens (including phenoxy) is 1. The summed E-state index contributed by atoms with van der Waals surface area (Å²) >= 11 is 0. The zero-order chi connectivity index (χ0) is 12.1. The minimum absolute atomic E-state index is 0.00389. The molecule has 0 radical (unpaired) electrons.